The molecule has 0 radical (unpaired) electrons. The van der Waals surface area contributed by atoms with E-state index in [-0.39, 0.29) is 11.4 Å². The third kappa shape index (κ3) is 4.35. The second-order valence-electron chi connectivity index (χ2n) is 5.21. The van der Waals surface area contributed by atoms with E-state index in [0.717, 1.165) is 17.7 Å². The van der Waals surface area contributed by atoms with E-state index in [0.29, 0.717) is 18.4 Å². The molecule has 0 aliphatic carbocycles. The Bertz CT molecular complexity index is 887. The zero-order valence-corrected chi connectivity index (χ0v) is 13.0. The summed E-state index contributed by atoms with van der Waals surface area (Å²) in [5.41, 5.74) is 0.999. The molecule has 5 nitrogen and oxygen atoms in total. The number of hydrogen-bond acceptors (Lipinski definition) is 4. The van der Waals surface area contributed by atoms with Crippen molar-refractivity contribution in [1.29, 1.82) is 0 Å². The number of amides is 1. The monoisotopic (exact) mass is 340 g/mol. The average Bonchev–Trinajstić information content (AvgIpc) is 2.63. The maximum atomic E-state index is 13.6. The van der Waals surface area contributed by atoms with Crippen LogP contribution in [0.2, 0.25) is 0 Å². The van der Waals surface area contributed by atoms with Crippen LogP contribution in [-0.4, -0.2) is 15.9 Å². The van der Waals surface area contributed by atoms with Crippen molar-refractivity contribution in [2.45, 2.75) is 6.54 Å². The normalized spacial score (nSPS) is 10.3. The average molecular weight is 340 g/mol. The lowest BCUT2D eigenvalue weighted by molar-refractivity contribution is 0.102. The van der Waals surface area contributed by atoms with Crippen LogP contribution in [0.15, 0.2) is 60.9 Å². The Hall–Kier alpha value is -3.35. The van der Waals surface area contributed by atoms with Gasteiger partial charge in [0.15, 0.2) is 0 Å². The highest BCUT2D eigenvalue weighted by atomic mass is 19.1. The Kier molecular flexibility index (Phi) is 4.94. The standard InChI is InChI=1S/C18H14F2N4O/c19-13-6-7-15(14(20)8-13)24-18(25)16-9-17(23-11-22-16)21-10-12-4-2-1-3-5-12/h1-9,11H,10H2,(H,24,25)(H,21,22,23). The van der Waals surface area contributed by atoms with Gasteiger partial charge in [0.05, 0.1) is 5.69 Å². The van der Waals surface area contributed by atoms with Crippen molar-refractivity contribution in [2.75, 3.05) is 10.6 Å². The van der Waals surface area contributed by atoms with Crippen LogP contribution < -0.4 is 10.6 Å². The van der Waals surface area contributed by atoms with Gasteiger partial charge in [-0.1, -0.05) is 30.3 Å². The lowest BCUT2D eigenvalue weighted by Crippen LogP contribution is -2.15. The van der Waals surface area contributed by atoms with E-state index in [4.69, 9.17) is 0 Å². The number of anilines is 2. The molecule has 1 heterocycles. The molecule has 0 saturated heterocycles. The maximum Gasteiger partial charge on any atom is 0.274 e. The summed E-state index contributed by atoms with van der Waals surface area (Å²) in [6, 6.07) is 14.1. The fraction of sp³-hybridized carbons (Fsp3) is 0.0556. The van der Waals surface area contributed by atoms with Gasteiger partial charge >= 0.3 is 0 Å². The molecule has 0 atom stereocenters. The fourth-order valence-electron chi connectivity index (χ4n) is 2.14. The number of aromatic nitrogens is 2. The predicted octanol–water partition coefficient (Wildman–Crippen LogP) is 3.62. The molecular weight excluding hydrogens is 326 g/mol. The topological polar surface area (TPSA) is 66.9 Å². The van der Waals surface area contributed by atoms with Crippen molar-refractivity contribution in [3.63, 3.8) is 0 Å². The Morgan fingerprint density at radius 3 is 2.56 bits per heavy atom. The van der Waals surface area contributed by atoms with Gasteiger partial charge in [0, 0.05) is 18.7 Å². The van der Waals surface area contributed by atoms with Crippen LogP contribution in [0.1, 0.15) is 16.1 Å². The number of rotatable bonds is 5. The molecule has 0 spiro atoms. The highest BCUT2D eigenvalue weighted by molar-refractivity contribution is 6.03. The number of carbonyl (C=O) groups excluding carboxylic acids is 1. The summed E-state index contributed by atoms with van der Waals surface area (Å²) in [5, 5.41) is 5.44. The lowest BCUT2D eigenvalue weighted by Gasteiger charge is -2.08. The molecule has 0 bridgehead atoms. The van der Waals surface area contributed by atoms with Crippen LogP contribution in [0, 0.1) is 11.6 Å². The van der Waals surface area contributed by atoms with Gasteiger partial charge in [-0.05, 0) is 17.7 Å². The summed E-state index contributed by atoms with van der Waals surface area (Å²) in [6.07, 6.45) is 1.24. The number of nitrogens with one attached hydrogen (secondary N) is 2. The predicted molar refractivity (Wildman–Crippen MR) is 90.1 cm³/mol. The maximum absolute atomic E-state index is 13.6. The number of benzene rings is 2. The van der Waals surface area contributed by atoms with Crippen molar-refractivity contribution in [3.05, 3.63) is 83.8 Å². The van der Waals surface area contributed by atoms with Gasteiger partial charge in [0.25, 0.3) is 5.91 Å². The van der Waals surface area contributed by atoms with E-state index < -0.39 is 17.5 Å². The summed E-state index contributed by atoms with van der Waals surface area (Å²) in [5.74, 6) is -1.73. The number of nitrogens with zero attached hydrogens (tertiary/aromatic N) is 2. The summed E-state index contributed by atoms with van der Waals surface area (Å²) in [4.78, 5) is 20.1. The van der Waals surface area contributed by atoms with Gasteiger partial charge in [-0.2, -0.15) is 0 Å². The van der Waals surface area contributed by atoms with Gasteiger partial charge in [0.2, 0.25) is 0 Å². The molecule has 2 aromatic carbocycles. The van der Waals surface area contributed by atoms with Crippen LogP contribution in [0.25, 0.3) is 0 Å². The molecule has 3 aromatic rings. The molecule has 2 N–H and O–H groups in total. The van der Waals surface area contributed by atoms with Crippen molar-refractivity contribution >= 4 is 17.4 Å². The minimum absolute atomic E-state index is 0.0642. The lowest BCUT2D eigenvalue weighted by atomic mass is 10.2. The quantitative estimate of drug-likeness (QED) is 0.744. The Morgan fingerprint density at radius 1 is 1.00 bits per heavy atom. The Labute approximate surface area is 142 Å². The van der Waals surface area contributed by atoms with E-state index in [1.54, 1.807) is 0 Å². The smallest absolute Gasteiger partial charge is 0.274 e. The van der Waals surface area contributed by atoms with E-state index in [1.165, 1.54) is 12.4 Å². The molecule has 0 unspecified atom stereocenters. The molecule has 25 heavy (non-hydrogen) atoms. The van der Waals surface area contributed by atoms with Crippen LogP contribution in [0.3, 0.4) is 0 Å². The largest absolute Gasteiger partial charge is 0.366 e. The highest BCUT2D eigenvalue weighted by Gasteiger charge is 2.12. The third-order valence-electron chi connectivity index (χ3n) is 3.40. The molecule has 0 aliphatic heterocycles. The SMILES string of the molecule is O=C(Nc1ccc(F)cc1F)c1cc(NCc2ccccc2)ncn1. The summed E-state index contributed by atoms with van der Waals surface area (Å²) >= 11 is 0. The van der Waals surface area contributed by atoms with E-state index in [2.05, 4.69) is 20.6 Å². The molecule has 0 saturated carbocycles. The molecule has 1 amide bonds. The second kappa shape index (κ2) is 7.48. The van der Waals surface area contributed by atoms with Crippen molar-refractivity contribution in [2.24, 2.45) is 0 Å². The minimum Gasteiger partial charge on any atom is -0.366 e. The summed E-state index contributed by atoms with van der Waals surface area (Å²) in [7, 11) is 0. The Morgan fingerprint density at radius 2 is 1.80 bits per heavy atom. The van der Waals surface area contributed by atoms with Crippen LogP contribution in [0.5, 0.6) is 0 Å². The zero-order valence-electron chi connectivity index (χ0n) is 13.0. The van der Waals surface area contributed by atoms with Gasteiger partial charge in [-0.25, -0.2) is 18.7 Å². The zero-order chi connectivity index (χ0) is 17.6. The van der Waals surface area contributed by atoms with Crippen LogP contribution >= 0.6 is 0 Å². The summed E-state index contributed by atoms with van der Waals surface area (Å²) in [6.45, 7) is 0.533. The van der Waals surface area contributed by atoms with E-state index in [9.17, 15) is 13.6 Å². The molecule has 1 aromatic heterocycles. The van der Waals surface area contributed by atoms with E-state index in [1.807, 2.05) is 30.3 Å². The van der Waals surface area contributed by atoms with Gasteiger partial charge in [-0.3, -0.25) is 4.79 Å². The molecule has 7 heteroatoms. The number of halogens is 2. The van der Waals surface area contributed by atoms with Crippen molar-refractivity contribution < 1.29 is 13.6 Å². The van der Waals surface area contributed by atoms with E-state index >= 15 is 0 Å². The highest BCUT2D eigenvalue weighted by Crippen LogP contribution is 2.16. The van der Waals surface area contributed by atoms with Gasteiger partial charge in [-0.15, -0.1) is 0 Å². The molecular formula is C18H14F2N4O. The van der Waals surface area contributed by atoms with Crippen LogP contribution in [0.4, 0.5) is 20.3 Å². The van der Waals surface area contributed by atoms with Gasteiger partial charge < -0.3 is 10.6 Å². The first-order valence-corrected chi connectivity index (χ1v) is 7.48. The summed E-state index contributed by atoms with van der Waals surface area (Å²) < 4.78 is 26.5. The number of carbonyl (C=O) groups is 1. The first-order chi connectivity index (χ1) is 12.1. The minimum atomic E-state index is -0.857. The second-order valence-corrected chi connectivity index (χ2v) is 5.21. The molecule has 0 fully saturated rings. The Balaban J connectivity index is 1.69. The molecule has 126 valence electrons. The first kappa shape index (κ1) is 16.5. The number of hydrogen-bond donors (Lipinski definition) is 2. The third-order valence-corrected chi connectivity index (χ3v) is 3.40. The molecule has 3 rings (SSSR count). The first-order valence-electron chi connectivity index (χ1n) is 7.48. The van der Waals surface area contributed by atoms with Crippen molar-refractivity contribution in [3.8, 4) is 0 Å². The molecule has 0 aliphatic rings. The van der Waals surface area contributed by atoms with Crippen LogP contribution in [-0.2, 0) is 6.54 Å². The van der Waals surface area contributed by atoms with Gasteiger partial charge in [0.1, 0.15) is 29.5 Å². The van der Waals surface area contributed by atoms with Crippen molar-refractivity contribution in [1.82, 2.24) is 9.97 Å². The fourth-order valence-corrected chi connectivity index (χ4v) is 2.14.